The third-order valence-electron chi connectivity index (χ3n) is 8.43. The van der Waals surface area contributed by atoms with Gasteiger partial charge in [0.1, 0.15) is 12.4 Å². The van der Waals surface area contributed by atoms with E-state index in [9.17, 15) is 27.6 Å². The zero-order chi connectivity index (χ0) is 29.1. The number of likely N-dealkylation sites (tertiary alicyclic amines) is 1. The second kappa shape index (κ2) is 12.1. The van der Waals surface area contributed by atoms with Gasteiger partial charge in [0.05, 0.1) is 17.2 Å². The molecule has 0 bridgehead atoms. The van der Waals surface area contributed by atoms with E-state index in [0.717, 1.165) is 37.7 Å². The number of halogens is 3. The van der Waals surface area contributed by atoms with E-state index in [0.29, 0.717) is 31.5 Å². The van der Waals surface area contributed by atoms with Crippen LogP contribution in [0, 0.1) is 11.8 Å². The lowest BCUT2D eigenvalue weighted by Crippen LogP contribution is -2.59. The highest BCUT2D eigenvalue weighted by molar-refractivity contribution is 5.97. The number of hydrogen-bond donors (Lipinski definition) is 1. The van der Waals surface area contributed by atoms with Crippen molar-refractivity contribution in [1.82, 2.24) is 20.0 Å². The molecule has 3 amide bonds. The van der Waals surface area contributed by atoms with Gasteiger partial charge >= 0.3 is 6.18 Å². The molecule has 3 heterocycles. The van der Waals surface area contributed by atoms with E-state index < -0.39 is 23.7 Å². The van der Waals surface area contributed by atoms with Gasteiger partial charge in [-0.05, 0) is 68.6 Å². The Morgan fingerprint density at radius 2 is 1.76 bits per heavy atom. The molecule has 0 unspecified atom stereocenters. The topological polar surface area (TPSA) is 82.2 Å². The summed E-state index contributed by atoms with van der Waals surface area (Å²) in [5.41, 5.74) is -0.621. The molecule has 41 heavy (non-hydrogen) atoms. The van der Waals surface area contributed by atoms with E-state index in [1.807, 2.05) is 13.1 Å². The largest absolute Gasteiger partial charge is 0.491 e. The molecule has 2 saturated heterocycles. The fourth-order valence-electron chi connectivity index (χ4n) is 6.14. The Bertz CT molecular complexity index is 1270. The Hall–Kier alpha value is -3.60. The minimum Gasteiger partial charge on any atom is -0.491 e. The summed E-state index contributed by atoms with van der Waals surface area (Å²) >= 11 is 0. The van der Waals surface area contributed by atoms with Crippen LogP contribution in [0.4, 0.5) is 13.2 Å². The predicted octanol–water partition coefficient (Wildman–Crippen LogP) is 3.53. The zero-order valence-electron chi connectivity index (χ0n) is 23.0. The van der Waals surface area contributed by atoms with Gasteiger partial charge in [0.25, 0.3) is 11.8 Å². The number of carbonyl (C=O) groups excluding carboxylic acids is 3. The summed E-state index contributed by atoms with van der Waals surface area (Å²) < 4.78 is 46.5. The minimum atomic E-state index is -4.63. The van der Waals surface area contributed by atoms with Gasteiger partial charge in [0.2, 0.25) is 5.91 Å². The van der Waals surface area contributed by atoms with E-state index in [4.69, 9.17) is 4.74 Å². The quantitative estimate of drug-likeness (QED) is 0.566. The normalized spacial score (nSPS) is 24.7. The molecule has 3 atom stereocenters. The van der Waals surface area contributed by atoms with Gasteiger partial charge in [-0.3, -0.25) is 14.4 Å². The Morgan fingerprint density at radius 1 is 0.976 bits per heavy atom. The third-order valence-corrected chi connectivity index (χ3v) is 8.43. The maximum Gasteiger partial charge on any atom is 0.416 e. The standard InChI is InChI=1S/C30H35F3N4O4/c1-35-12-10-21-15-27(38)37-14-13-36(29(40)20-5-3-2-4-6-20)18-24(37)19-41-26-8-7-23(30(31,32)33)16-25(26)28(39)34-11-9-22(21)17-35/h2-8,16,21-22,24H,9-15,17-19H2,1H3,(H,34,39)/t21-,22-,24-/m0/s1. The molecule has 0 aliphatic carbocycles. The first-order chi connectivity index (χ1) is 19.6. The number of fused-ring (bicyclic) bond motifs is 3. The first-order valence-corrected chi connectivity index (χ1v) is 14.0. The molecule has 0 saturated carbocycles. The summed E-state index contributed by atoms with van der Waals surface area (Å²) in [6.45, 7) is 2.73. The Kier molecular flexibility index (Phi) is 8.53. The molecule has 3 aliphatic rings. The molecule has 2 fully saturated rings. The molecule has 8 nitrogen and oxygen atoms in total. The average Bonchev–Trinajstić information content (AvgIpc) is 2.96. The molecule has 0 radical (unpaired) electrons. The minimum absolute atomic E-state index is 0.00161. The smallest absolute Gasteiger partial charge is 0.416 e. The third kappa shape index (κ3) is 6.66. The number of piperazine rings is 1. The predicted molar refractivity (Wildman–Crippen MR) is 145 cm³/mol. The van der Waals surface area contributed by atoms with Crippen LogP contribution in [0.25, 0.3) is 0 Å². The van der Waals surface area contributed by atoms with Crippen molar-refractivity contribution < 1.29 is 32.3 Å². The van der Waals surface area contributed by atoms with Crippen molar-refractivity contribution in [3.63, 3.8) is 0 Å². The summed E-state index contributed by atoms with van der Waals surface area (Å²) in [5.74, 6) is -0.547. The van der Waals surface area contributed by atoms with E-state index >= 15 is 0 Å². The van der Waals surface area contributed by atoms with Gasteiger partial charge < -0.3 is 24.8 Å². The fraction of sp³-hybridized carbons (Fsp3) is 0.500. The van der Waals surface area contributed by atoms with Crippen LogP contribution in [-0.4, -0.2) is 91.4 Å². The number of nitrogens with one attached hydrogen (secondary N) is 1. The van der Waals surface area contributed by atoms with Gasteiger partial charge in [-0.25, -0.2) is 0 Å². The van der Waals surface area contributed by atoms with Crippen molar-refractivity contribution in [2.24, 2.45) is 11.8 Å². The molecule has 11 heteroatoms. The number of benzene rings is 2. The number of hydrogen-bond acceptors (Lipinski definition) is 5. The molecular weight excluding hydrogens is 537 g/mol. The number of carbonyl (C=O) groups is 3. The number of amides is 3. The molecule has 0 spiro atoms. The SMILES string of the molecule is CN1CC[C@H]2CC(=O)N3CCN(C(=O)c4ccccc4)C[C@H]3COc3ccc(C(F)(F)F)cc3C(=O)NCC[C@H]2C1. The maximum absolute atomic E-state index is 13.7. The fourth-order valence-corrected chi connectivity index (χ4v) is 6.14. The number of ether oxygens (including phenoxy) is 1. The van der Waals surface area contributed by atoms with Crippen molar-refractivity contribution in [2.75, 3.05) is 52.9 Å². The molecule has 3 aliphatic heterocycles. The molecule has 1 N–H and O–H groups in total. The highest BCUT2D eigenvalue weighted by Crippen LogP contribution is 2.34. The number of nitrogens with zero attached hydrogens (tertiary/aromatic N) is 3. The zero-order valence-corrected chi connectivity index (χ0v) is 23.0. The van der Waals surface area contributed by atoms with Crippen LogP contribution in [0.2, 0.25) is 0 Å². The highest BCUT2D eigenvalue weighted by atomic mass is 19.4. The summed E-state index contributed by atoms with van der Waals surface area (Å²) in [4.78, 5) is 45.7. The lowest BCUT2D eigenvalue weighted by Gasteiger charge is -2.43. The van der Waals surface area contributed by atoms with Crippen molar-refractivity contribution in [2.45, 2.75) is 31.5 Å². The van der Waals surface area contributed by atoms with Crippen molar-refractivity contribution in [1.29, 1.82) is 0 Å². The summed E-state index contributed by atoms with van der Waals surface area (Å²) in [5, 5.41) is 2.77. The summed E-state index contributed by atoms with van der Waals surface area (Å²) in [7, 11) is 2.02. The van der Waals surface area contributed by atoms with Crippen LogP contribution in [0.1, 0.15) is 45.5 Å². The first kappa shape index (κ1) is 28.9. The van der Waals surface area contributed by atoms with Gasteiger partial charge in [-0.1, -0.05) is 18.2 Å². The molecule has 0 aromatic heterocycles. The van der Waals surface area contributed by atoms with E-state index in [2.05, 4.69) is 10.2 Å². The molecule has 2 aromatic rings. The average molecular weight is 573 g/mol. The Labute approximate surface area is 237 Å². The van der Waals surface area contributed by atoms with Crippen LogP contribution in [0.15, 0.2) is 48.5 Å². The Balaban J connectivity index is 1.45. The first-order valence-electron chi connectivity index (χ1n) is 14.0. The second-order valence-corrected chi connectivity index (χ2v) is 11.2. The highest BCUT2D eigenvalue weighted by Gasteiger charge is 2.37. The van der Waals surface area contributed by atoms with Gasteiger partial charge in [-0.2, -0.15) is 13.2 Å². The summed E-state index contributed by atoms with van der Waals surface area (Å²) in [6.07, 6.45) is -2.82. The summed E-state index contributed by atoms with van der Waals surface area (Å²) in [6, 6.07) is 11.2. The van der Waals surface area contributed by atoms with E-state index in [1.54, 1.807) is 34.1 Å². The maximum atomic E-state index is 13.7. The van der Waals surface area contributed by atoms with E-state index in [1.165, 1.54) is 0 Å². The number of alkyl halides is 3. The van der Waals surface area contributed by atoms with Gasteiger partial charge in [-0.15, -0.1) is 0 Å². The van der Waals surface area contributed by atoms with Crippen LogP contribution < -0.4 is 10.1 Å². The van der Waals surface area contributed by atoms with Crippen LogP contribution in [0.5, 0.6) is 5.75 Å². The van der Waals surface area contributed by atoms with Crippen LogP contribution in [-0.2, 0) is 11.0 Å². The van der Waals surface area contributed by atoms with E-state index in [-0.39, 0.29) is 54.7 Å². The van der Waals surface area contributed by atoms with Crippen molar-refractivity contribution in [3.8, 4) is 5.75 Å². The van der Waals surface area contributed by atoms with Crippen LogP contribution >= 0.6 is 0 Å². The molecule has 5 rings (SSSR count). The van der Waals surface area contributed by atoms with Gasteiger partial charge in [0.15, 0.2) is 0 Å². The van der Waals surface area contributed by atoms with Crippen molar-refractivity contribution >= 4 is 17.7 Å². The number of piperidine rings is 1. The lowest BCUT2D eigenvalue weighted by molar-refractivity contribution is -0.139. The number of rotatable bonds is 1. The lowest BCUT2D eigenvalue weighted by atomic mass is 9.80. The van der Waals surface area contributed by atoms with Crippen molar-refractivity contribution in [3.05, 3.63) is 65.2 Å². The second-order valence-electron chi connectivity index (χ2n) is 11.2. The van der Waals surface area contributed by atoms with Gasteiger partial charge in [0, 0.05) is 44.7 Å². The molecule has 2 aromatic carbocycles. The van der Waals surface area contributed by atoms with Crippen LogP contribution in [0.3, 0.4) is 0 Å². The molecular formula is C30H35F3N4O4. The Morgan fingerprint density at radius 3 is 2.51 bits per heavy atom. The monoisotopic (exact) mass is 572 g/mol. The molecule has 220 valence electrons.